The monoisotopic (exact) mass is 628 g/mol. The van der Waals surface area contributed by atoms with Crippen LogP contribution in [0, 0.1) is 0 Å². The van der Waals surface area contributed by atoms with Gasteiger partial charge in [0.2, 0.25) is 9.76 Å². The van der Waals surface area contributed by atoms with Crippen LogP contribution in [0.15, 0.2) is 97.3 Å². The molecule has 0 saturated carbocycles. The minimum absolute atomic E-state index is 0.0175. The van der Waals surface area contributed by atoms with E-state index in [2.05, 4.69) is 73.2 Å². The van der Waals surface area contributed by atoms with Crippen molar-refractivity contribution >= 4 is 38.1 Å². The van der Waals surface area contributed by atoms with Crippen LogP contribution in [0.4, 0.5) is 10.5 Å². The van der Waals surface area contributed by atoms with Gasteiger partial charge in [-0.05, 0) is 40.3 Å². The number of carbonyl (C=O) groups excluding carboxylic acids is 1. The molecule has 234 valence electrons. The number of nitrogens with one attached hydrogen (secondary N) is 1. The quantitative estimate of drug-likeness (QED) is 0.114. The van der Waals surface area contributed by atoms with Crippen LogP contribution in [0.25, 0.3) is 27.9 Å². The van der Waals surface area contributed by atoms with Gasteiger partial charge in [0, 0.05) is 55.1 Å². The molecule has 46 heavy (non-hydrogen) atoms. The minimum Gasteiger partial charge on any atom is -0.400 e. The number of urea groups is 1. The summed E-state index contributed by atoms with van der Waals surface area (Å²) in [6, 6.07) is 28.8. The third-order valence-electron chi connectivity index (χ3n) is 8.21. The Morgan fingerprint density at radius 2 is 1.63 bits per heavy atom. The van der Waals surface area contributed by atoms with Crippen LogP contribution in [-0.2, 0) is 10.0 Å². The standard InChI is InChI=1S/C37H40N6O2Si/c1-36(2,3)46-45-37(26-13-8-6-9-14-26,27-15-10-7-11-16-27)32-28(17-12-18-30(32)38)33-29-23-31(41-34(29)40-24-39-33)25-19-21-43(22-20-25)35(44)42(4)5/h6-19,23-24H,20-22,38H2,1-5H3,(H,39,40,41). The Balaban J connectivity index is 1.55. The van der Waals surface area contributed by atoms with Crippen molar-refractivity contribution in [3.8, 4) is 11.3 Å². The highest BCUT2D eigenvalue weighted by molar-refractivity contribution is 6.32. The molecule has 0 aliphatic carbocycles. The molecule has 6 rings (SSSR count). The summed E-state index contributed by atoms with van der Waals surface area (Å²) in [5, 5.41) is 0.807. The lowest BCUT2D eigenvalue weighted by Gasteiger charge is -2.39. The van der Waals surface area contributed by atoms with Gasteiger partial charge in [-0.15, -0.1) is 0 Å². The molecule has 3 heterocycles. The molecule has 3 aromatic carbocycles. The van der Waals surface area contributed by atoms with E-state index in [-0.39, 0.29) is 20.8 Å². The molecule has 3 N–H and O–H groups in total. The van der Waals surface area contributed by atoms with Crippen LogP contribution in [0.1, 0.15) is 49.6 Å². The number of amides is 2. The van der Waals surface area contributed by atoms with Gasteiger partial charge < -0.3 is 24.9 Å². The van der Waals surface area contributed by atoms with Crippen molar-refractivity contribution in [3.05, 3.63) is 120 Å². The molecule has 0 saturated heterocycles. The Hall–Kier alpha value is -4.73. The highest BCUT2D eigenvalue weighted by Crippen LogP contribution is 2.48. The SMILES string of the molecule is CN(C)C(=O)N1CC=C(c2cc3c(-c4cccc(N)c4C(O[Si]C(C)(C)C)(c4ccccc4)c4ccccc4)ncnc3[nH]2)CC1. The number of nitrogens with two attached hydrogens (primary N) is 1. The third kappa shape index (κ3) is 5.95. The lowest BCUT2D eigenvalue weighted by Crippen LogP contribution is -2.41. The Bertz CT molecular complexity index is 1840. The predicted octanol–water partition coefficient (Wildman–Crippen LogP) is 7.12. The summed E-state index contributed by atoms with van der Waals surface area (Å²) < 4.78 is 7.21. The lowest BCUT2D eigenvalue weighted by molar-refractivity contribution is 0.158. The van der Waals surface area contributed by atoms with Crippen LogP contribution in [0.5, 0.6) is 0 Å². The smallest absolute Gasteiger partial charge is 0.319 e. The molecule has 1 aliphatic rings. The van der Waals surface area contributed by atoms with Crippen LogP contribution in [0.2, 0.25) is 5.04 Å². The van der Waals surface area contributed by atoms with Gasteiger partial charge in [0.15, 0.2) is 0 Å². The van der Waals surface area contributed by atoms with Crippen LogP contribution in [0.3, 0.4) is 0 Å². The van der Waals surface area contributed by atoms with E-state index in [0.717, 1.165) is 56.7 Å². The van der Waals surface area contributed by atoms with Gasteiger partial charge in [-0.1, -0.05) is 99.6 Å². The van der Waals surface area contributed by atoms with Crippen molar-refractivity contribution in [2.45, 2.75) is 37.8 Å². The first-order valence-electron chi connectivity index (χ1n) is 15.5. The molecule has 2 amide bonds. The summed E-state index contributed by atoms with van der Waals surface area (Å²) in [5.41, 5.74) is 14.0. The van der Waals surface area contributed by atoms with Crippen molar-refractivity contribution in [2.24, 2.45) is 0 Å². The number of fused-ring (bicyclic) bond motifs is 1. The molecule has 5 aromatic rings. The maximum Gasteiger partial charge on any atom is 0.319 e. The Morgan fingerprint density at radius 3 is 2.22 bits per heavy atom. The number of H-pyrrole nitrogens is 1. The van der Waals surface area contributed by atoms with Crippen LogP contribution >= 0.6 is 0 Å². The Kier molecular flexibility index (Phi) is 8.54. The van der Waals surface area contributed by atoms with Crippen molar-refractivity contribution in [1.29, 1.82) is 0 Å². The predicted molar refractivity (Wildman–Crippen MR) is 186 cm³/mol. The van der Waals surface area contributed by atoms with Gasteiger partial charge >= 0.3 is 6.03 Å². The molecular formula is C37H40N6O2Si. The van der Waals surface area contributed by atoms with Gasteiger partial charge in [-0.2, -0.15) is 0 Å². The number of carbonyl (C=O) groups is 1. The fraction of sp³-hybridized carbons (Fsp3) is 0.270. The zero-order valence-electron chi connectivity index (χ0n) is 27.0. The van der Waals surface area contributed by atoms with Crippen molar-refractivity contribution in [2.75, 3.05) is 32.9 Å². The van der Waals surface area contributed by atoms with E-state index in [0.29, 0.717) is 18.8 Å². The van der Waals surface area contributed by atoms with E-state index in [1.807, 2.05) is 53.4 Å². The van der Waals surface area contributed by atoms with Gasteiger partial charge in [-0.3, -0.25) is 0 Å². The second kappa shape index (κ2) is 12.6. The zero-order chi connectivity index (χ0) is 32.5. The Morgan fingerprint density at radius 1 is 0.957 bits per heavy atom. The molecule has 0 bridgehead atoms. The highest BCUT2D eigenvalue weighted by Gasteiger charge is 2.42. The molecule has 2 aromatic heterocycles. The molecule has 0 atom stereocenters. The van der Waals surface area contributed by atoms with Crippen LogP contribution < -0.4 is 5.73 Å². The molecule has 0 fully saturated rings. The number of anilines is 1. The normalized spacial score (nSPS) is 13.9. The number of aromatic amines is 1. The molecular weight excluding hydrogens is 589 g/mol. The first-order chi connectivity index (χ1) is 22.1. The number of hydrogen-bond acceptors (Lipinski definition) is 5. The molecule has 1 aliphatic heterocycles. The van der Waals surface area contributed by atoms with Gasteiger partial charge in [0.25, 0.3) is 0 Å². The average molecular weight is 629 g/mol. The minimum atomic E-state index is -1.01. The number of aromatic nitrogens is 3. The van der Waals surface area contributed by atoms with Gasteiger partial charge in [0.1, 0.15) is 17.6 Å². The lowest BCUT2D eigenvalue weighted by atomic mass is 9.77. The second-order valence-corrected chi connectivity index (χ2v) is 14.8. The van der Waals surface area contributed by atoms with E-state index in [1.165, 1.54) is 0 Å². The fourth-order valence-electron chi connectivity index (χ4n) is 6.06. The Labute approximate surface area is 273 Å². The molecule has 8 nitrogen and oxygen atoms in total. The van der Waals surface area contributed by atoms with Crippen molar-refractivity contribution < 1.29 is 9.22 Å². The maximum atomic E-state index is 12.5. The number of nitrogens with zero attached hydrogens (tertiary/aromatic N) is 4. The number of rotatable bonds is 7. The second-order valence-electron chi connectivity index (χ2n) is 12.9. The summed E-state index contributed by atoms with van der Waals surface area (Å²) in [6.07, 6.45) is 4.46. The van der Waals surface area contributed by atoms with Crippen molar-refractivity contribution in [3.63, 3.8) is 0 Å². The number of hydrogen-bond donors (Lipinski definition) is 2. The first kappa shape index (κ1) is 31.3. The average Bonchev–Trinajstić information content (AvgIpc) is 3.51. The van der Waals surface area contributed by atoms with E-state index in [1.54, 1.807) is 25.3 Å². The summed E-state index contributed by atoms with van der Waals surface area (Å²) in [7, 11) is 3.73. The van der Waals surface area contributed by atoms with E-state index < -0.39 is 5.60 Å². The number of nitrogen functional groups attached to an aromatic ring is 1. The van der Waals surface area contributed by atoms with Crippen LogP contribution in [-0.4, -0.2) is 67.7 Å². The summed E-state index contributed by atoms with van der Waals surface area (Å²) in [5.74, 6) is 0. The summed E-state index contributed by atoms with van der Waals surface area (Å²) in [4.78, 5) is 29.0. The zero-order valence-corrected chi connectivity index (χ0v) is 28.0. The number of benzene rings is 3. The third-order valence-corrected chi connectivity index (χ3v) is 9.23. The van der Waals surface area contributed by atoms with Gasteiger partial charge in [-0.25, -0.2) is 14.8 Å². The molecule has 0 unspecified atom stereocenters. The molecule has 2 radical (unpaired) electrons. The highest BCUT2D eigenvalue weighted by atomic mass is 28.2. The maximum absolute atomic E-state index is 12.5. The summed E-state index contributed by atoms with van der Waals surface area (Å²) in [6.45, 7) is 7.77. The van der Waals surface area contributed by atoms with E-state index in [9.17, 15) is 4.79 Å². The fourth-order valence-corrected chi connectivity index (χ4v) is 6.85. The van der Waals surface area contributed by atoms with E-state index >= 15 is 0 Å². The van der Waals surface area contributed by atoms with Crippen molar-refractivity contribution in [1.82, 2.24) is 24.8 Å². The largest absolute Gasteiger partial charge is 0.400 e. The molecule has 9 heteroatoms. The van der Waals surface area contributed by atoms with Gasteiger partial charge in [0.05, 0.1) is 5.69 Å². The van der Waals surface area contributed by atoms with E-state index in [4.69, 9.17) is 15.1 Å². The topological polar surface area (TPSA) is 100 Å². The first-order valence-corrected chi connectivity index (χ1v) is 16.4. The summed E-state index contributed by atoms with van der Waals surface area (Å²) >= 11 is 0. The molecule has 0 spiro atoms.